The summed E-state index contributed by atoms with van der Waals surface area (Å²) in [6, 6.07) is 0. The van der Waals surface area contributed by atoms with E-state index in [1.807, 2.05) is 21.1 Å². The summed E-state index contributed by atoms with van der Waals surface area (Å²) in [5.41, 5.74) is 0. The zero-order valence-corrected chi connectivity index (χ0v) is 65.5. The van der Waals surface area contributed by atoms with Crippen LogP contribution in [0, 0.1) is 0 Å². The Balaban J connectivity index is 4.06. The van der Waals surface area contributed by atoms with Crippen LogP contribution in [0.25, 0.3) is 0 Å². The number of ether oxygens (including phenoxy) is 4. The highest BCUT2D eigenvalue weighted by Gasteiger charge is 2.25. The van der Waals surface area contributed by atoms with Gasteiger partial charge in [0.15, 0.2) is 6.10 Å². The van der Waals surface area contributed by atoms with Crippen LogP contribution in [0.4, 0.5) is 0 Å². The van der Waals surface area contributed by atoms with Crippen molar-refractivity contribution in [2.75, 3.05) is 47.5 Å². The molecule has 9 heteroatoms. The average Bonchev–Trinajstić information content (AvgIpc) is 1.21. The largest absolute Gasteiger partial charge is 0.477 e. The van der Waals surface area contributed by atoms with Gasteiger partial charge in [-0.05, 0) is 135 Å². The van der Waals surface area contributed by atoms with Crippen molar-refractivity contribution in [2.45, 2.75) is 334 Å². The Morgan fingerprint density at radius 2 is 0.535 bits per heavy atom. The van der Waals surface area contributed by atoms with E-state index in [4.69, 9.17) is 18.9 Å². The smallest absolute Gasteiger partial charge is 0.361 e. The summed E-state index contributed by atoms with van der Waals surface area (Å²) in [6.07, 6.45) is 119. The number of nitrogens with zero attached hydrogens (tertiary/aromatic N) is 1. The first-order valence-corrected chi connectivity index (χ1v) is 40.9. The maximum atomic E-state index is 13.0. The standard InChI is InChI=1S/C92H151NO8/c1-6-8-10-12-14-16-18-20-22-24-26-28-30-32-34-36-38-40-42-43-44-45-46-47-49-51-53-55-57-59-61-63-65-67-69-71-73-75-77-79-81-83-90(95)101-88(87-100-92(91(96)97)98-85-84-93(3,4)5)86-99-89(94)82-80-78-76-74-72-70-68-66-64-62-60-58-56-54-52-50-48-41-39-37-35-33-31-29-27-25-23-21-19-17-15-13-11-9-7-2/h8-11,14-17,20-23,26-29,32-35,38-41,43-44,46-47,50,52,88,92H,6-7,12-13,18-19,24-25,30-31,36-37,42,45,48-49,51,53-87H2,1-5H3/p+1/b10-8-,11-9-,16-14-,17-15-,22-20-,23-21-,28-26-,29-27-,34-32-,35-33-,40-38-,41-39-,44-43-,47-46-,52-50-. The number of carbonyl (C=O) groups is 3. The number of hydrogen-bond acceptors (Lipinski definition) is 7. The molecule has 0 aliphatic heterocycles. The highest BCUT2D eigenvalue weighted by Crippen LogP contribution is 2.18. The number of allylic oxidation sites excluding steroid dienone is 30. The molecule has 0 spiro atoms. The Hall–Kier alpha value is -5.61. The number of hydrogen-bond donors (Lipinski definition) is 1. The maximum absolute atomic E-state index is 13.0. The van der Waals surface area contributed by atoms with Crippen LogP contribution in [0.3, 0.4) is 0 Å². The molecule has 0 aliphatic carbocycles. The van der Waals surface area contributed by atoms with Gasteiger partial charge in [-0.2, -0.15) is 0 Å². The number of rotatable bonds is 74. The van der Waals surface area contributed by atoms with Crippen LogP contribution in [0.2, 0.25) is 0 Å². The monoisotopic (exact) mass is 1400 g/mol. The quantitative estimate of drug-likeness (QED) is 0.0211. The number of unbranched alkanes of at least 4 members (excludes halogenated alkanes) is 29. The van der Waals surface area contributed by atoms with Crippen LogP contribution < -0.4 is 0 Å². The van der Waals surface area contributed by atoms with E-state index in [0.717, 1.165) is 128 Å². The number of aliphatic carboxylic acids is 1. The summed E-state index contributed by atoms with van der Waals surface area (Å²) in [4.78, 5) is 37.8. The van der Waals surface area contributed by atoms with Crippen molar-refractivity contribution in [3.05, 3.63) is 182 Å². The highest BCUT2D eigenvalue weighted by atomic mass is 16.7. The SMILES string of the molecule is CC/C=C\C/C=C\C/C=C\C/C=C\C/C=C\C/C=C\C/C=C\C/C=C\CCCCCCCCCCCCCCCCCCC(=O)OC(COC(=O)CCCCCCCCCCCCCCC/C=C\C/C=C\C/C=C\C/C=C\C/C=C\C/C=C\C/C=C\CC)COC(OCC[N+](C)(C)C)C(=O)O. The number of likely N-dealkylation sites (N-methyl/N-ethyl adjacent to an activating group) is 1. The molecule has 0 aromatic rings. The molecule has 0 bridgehead atoms. The summed E-state index contributed by atoms with van der Waals surface area (Å²) in [5.74, 6) is -2.01. The van der Waals surface area contributed by atoms with E-state index in [1.165, 1.54) is 161 Å². The lowest BCUT2D eigenvalue weighted by atomic mass is 10.0. The fourth-order valence-electron chi connectivity index (χ4n) is 11.0. The first-order chi connectivity index (χ1) is 49.6. The van der Waals surface area contributed by atoms with E-state index in [1.54, 1.807) is 0 Å². The minimum Gasteiger partial charge on any atom is -0.477 e. The van der Waals surface area contributed by atoms with Gasteiger partial charge in [0, 0.05) is 12.8 Å². The first-order valence-electron chi connectivity index (χ1n) is 40.9. The van der Waals surface area contributed by atoms with Crippen LogP contribution in [0.15, 0.2) is 182 Å². The molecular formula is C92H152NO8+. The zero-order valence-electron chi connectivity index (χ0n) is 65.5. The summed E-state index contributed by atoms with van der Waals surface area (Å²) in [5, 5.41) is 9.78. The van der Waals surface area contributed by atoms with Crippen molar-refractivity contribution < 1.29 is 42.9 Å². The first kappa shape index (κ1) is 95.4. The van der Waals surface area contributed by atoms with Crippen molar-refractivity contribution in [1.29, 1.82) is 0 Å². The van der Waals surface area contributed by atoms with Crippen LogP contribution >= 0.6 is 0 Å². The van der Waals surface area contributed by atoms with Crippen molar-refractivity contribution in [3.63, 3.8) is 0 Å². The fraction of sp³-hybridized carbons (Fsp3) is 0.641. The lowest BCUT2D eigenvalue weighted by Gasteiger charge is -2.25. The lowest BCUT2D eigenvalue weighted by molar-refractivity contribution is -0.870. The van der Waals surface area contributed by atoms with Gasteiger partial charge in [0.2, 0.25) is 0 Å². The van der Waals surface area contributed by atoms with Crippen LogP contribution in [0.1, 0.15) is 322 Å². The maximum Gasteiger partial charge on any atom is 0.361 e. The van der Waals surface area contributed by atoms with Gasteiger partial charge in [-0.15, -0.1) is 0 Å². The molecule has 0 amide bonds. The molecule has 0 heterocycles. The van der Waals surface area contributed by atoms with Gasteiger partial charge in [0.1, 0.15) is 13.2 Å². The molecule has 0 aromatic carbocycles. The molecule has 9 nitrogen and oxygen atoms in total. The van der Waals surface area contributed by atoms with Gasteiger partial charge < -0.3 is 28.5 Å². The van der Waals surface area contributed by atoms with E-state index in [2.05, 4.69) is 196 Å². The van der Waals surface area contributed by atoms with Gasteiger partial charge in [-0.25, -0.2) is 4.79 Å². The summed E-state index contributed by atoms with van der Waals surface area (Å²) >= 11 is 0. The van der Waals surface area contributed by atoms with E-state index in [-0.39, 0.29) is 32.2 Å². The van der Waals surface area contributed by atoms with E-state index < -0.39 is 24.3 Å². The fourth-order valence-corrected chi connectivity index (χ4v) is 11.0. The van der Waals surface area contributed by atoms with E-state index in [9.17, 15) is 19.5 Å². The zero-order chi connectivity index (χ0) is 73.2. The number of quaternary nitrogens is 1. The Kier molecular flexibility index (Phi) is 75.6. The second-order valence-electron chi connectivity index (χ2n) is 28.0. The number of carbonyl (C=O) groups excluding carboxylic acids is 2. The molecule has 1 N–H and O–H groups in total. The predicted octanol–water partition coefficient (Wildman–Crippen LogP) is 26.7. The van der Waals surface area contributed by atoms with E-state index in [0.29, 0.717) is 23.9 Å². The normalized spacial score (nSPS) is 13.6. The van der Waals surface area contributed by atoms with Gasteiger partial charge in [-0.1, -0.05) is 357 Å². The van der Waals surface area contributed by atoms with Crippen molar-refractivity contribution in [3.8, 4) is 0 Å². The molecule has 2 unspecified atom stereocenters. The Labute approximate surface area is 621 Å². The van der Waals surface area contributed by atoms with Gasteiger partial charge in [0.25, 0.3) is 6.29 Å². The van der Waals surface area contributed by atoms with Gasteiger partial charge in [0.05, 0.1) is 34.4 Å². The van der Waals surface area contributed by atoms with Gasteiger partial charge in [-0.3, -0.25) is 9.59 Å². The Morgan fingerprint density at radius 3 is 0.792 bits per heavy atom. The molecule has 0 radical (unpaired) electrons. The van der Waals surface area contributed by atoms with Crippen molar-refractivity contribution in [2.24, 2.45) is 0 Å². The predicted molar refractivity (Wildman–Crippen MR) is 437 cm³/mol. The number of carboxylic acids is 1. The molecule has 0 fully saturated rings. The number of carboxylic acid groups (broad SMARTS) is 1. The van der Waals surface area contributed by atoms with E-state index >= 15 is 0 Å². The third-order valence-corrected chi connectivity index (χ3v) is 17.2. The molecule has 0 saturated carbocycles. The molecule has 0 rings (SSSR count). The van der Waals surface area contributed by atoms with Crippen LogP contribution in [-0.2, 0) is 33.3 Å². The number of esters is 2. The molecule has 572 valence electrons. The lowest BCUT2D eigenvalue weighted by Crippen LogP contribution is -2.40. The summed E-state index contributed by atoms with van der Waals surface area (Å²) in [7, 11) is 5.98. The Morgan fingerprint density at radius 1 is 0.297 bits per heavy atom. The molecular weight excluding hydrogens is 1250 g/mol. The average molecular weight is 1400 g/mol. The second kappa shape index (κ2) is 80.1. The van der Waals surface area contributed by atoms with Crippen LogP contribution in [-0.4, -0.2) is 87.4 Å². The third-order valence-electron chi connectivity index (χ3n) is 17.2. The van der Waals surface area contributed by atoms with Crippen molar-refractivity contribution >= 4 is 17.9 Å². The minimum atomic E-state index is -1.52. The third kappa shape index (κ3) is 81.6. The highest BCUT2D eigenvalue weighted by molar-refractivity contribution is 5.71. The molecule has 101 heavy (non-hydrogen) atoms. The minimum absolute atomic E-state index is 0.181. The van der Waals surface area contributed by atoms with Crippen LogP contribution in [0.5, 0.6) is 0 Å². The topological polar surface area (TPSA) is 108 Å². The molecule has 2 atom stereocenters. The molecule has 0 saturated heterocycles. The van der Waals surface area contributed by atoms with Crippen molar-refractivity contribution in [1.82, 2.24) is 0 Å². The second-order valence-corrected chi connectivity index (χ2v) is 28.0. The summed E-state index contributed by atoms with van der Waals surface area (Å²) in [6.45, 7) is 4.66. The molecule has 0 aliphatic rings. The Bertz CT molecular complexity index is 2330. The molecule has 0 aromatic heterocycles. The van der Waals surface area contributed by atoms with Gasteiger partial charge >= 0.3 is 17.9 Å². The summed E-state index contributed by atoms with van der Waals surface area (Å²) < 4.78 is 23.1.